The molecular weight excluding hydrogens is 296 g/mol. The monoisotopic (exact) mass is 322 g/mol. The van der Waals surface area contributed by atoms with Gasteiger partial charge in [0.1, 0.15) is 11.8 Å². The van der Waals surface area contributed by atoms with Crippen LogP contribution in [-0.2, 0) is 4.79 Å². The van der Waals surface area contributed by atoms with Gasteiger partial charge in [-0.3, -0.25) is 0 Å². The Hall–Kier alpha value is -2.24. The van der Waals surface area contributed by atoms with Crippen molar-refractivity contribution in [3.63, 3.8) is 0 Å². The molecule has 6 nitrogen and oxygen atoms in total. The molecule has 0 spiro atoms. The number of carbonyl (C=O) groups excluding carboxylic acids is 1. The molecule has 23 heavy (non-hydrogen) atoms. The van der Waals surface area contributed by atoms with E-state index in [2.05, 4.69) is 24.5 Å². The number of hydrogen-bond acceptors (Lipinski definition) is 3. The Labute approximate surface area is 137 Å². The molecule has 0 aliphatic rings. The summed E-state index contributed by atoms with van der Waals surface area (Å²) >= 11 is 0. The third-order valence-corrected chi connectivity index (χ3v) is 3.40. The van der Waals surface area contributed by atoms with Gasteiger partial charge in [-0.25, -0.2) is 9.59 Å². The normalized spacial score (nSPS) is 13.5. The Morgan fingerprint density at radius 1 is 1.04 bits per heavy atom. The van der Waals surface area contributed by atoms with Gasteiger partial charge in [-0.05, 0) is 30.4 Å². The summed E-state index contributed by atoms with van der Waals surface area (Å²) in [6.45, 7) is 9.29. The van der Waals surface area contributed by atoms with E-state index >= 15 is 0 Å². The number of carbonyl (C=O) groups is 2. The van der Waals surface area contributed by atoms with Crippen LogP contribution in [-0.4, -0.2) is 29.4 Å². The average Bonchev–Trinajstić information content (AvgIpc) is 2.44. The Kier molecular flexibility index (Phi) is 6.88. The highest BCUT2D eigenvalue weighted by atomic mass is 16.5. The smallest absolute Gasteiger partial charge is 0.326 e. The van der Waals surface area contributed by atoms with E-state index < -0.39 is 24.3 Å². The molecule has 0 saturated heterocycles. The molecule has 0 saturated carbocycles. The molecule has 0 heterocycles. The molecule has 1 aromatic rings. The van der Waals surface area contributed by atoms with E-state index in [1.165, 1.54) is 0 Å². The molecule has 1 rings (SSSR count). The van der Waals surface area contributed by atoms with Crippen LogP contribution in [0.5, 0.6) is 5.75 Å². The fraction of sp³-hybridized carbons (Fsp3) is 0.529. The van der Waals surface area contributed by atoms with Crippen LogP contribution in [0.25, 0.3) is 0 Å². The molecule has 0 aliphatic heterocycles. The maximum atomic E-state index is 11.9. The largest absolute Gasteiger partial charge is 0.480 e. The van der Waals surface area contributed by atoms with Crippen molar-refractivity contribution in [2.24, 2.45) is 5.92 Å². The zero-order valence-corrected chi connectivity index (χ0v) is 14.3. The number of aliphatic carboxylic acids is 1. The summed E-state index contributed by atoms with van der Waals surface area (Å²) in [4.78, 5) is 23.0. The summed E-state index contributed by atoms with van der Waals surface area (Å²) in [5, 5.41) is 14.1. The van der Waals surface area contributed by atoms with Gasteiger partial charge >= 0.3 is 12.0 Å². The number of benzene rings is 1. The molecular formula is C17H26N2O4. The van der Waals surface area contributed by atoms with E-state index in [1.54, 1.807) is 20.8 Å². The maximum absolute atomic E-state index is 11.9. The number of rotatable bonds is 7. The second-order valence-corrected chi connectivity index (χ2v) is 6.13. The molecule has 0 radical (unpaired) electrons. The summed E-state index contributed by atoms with van der Waals surface area (Å²) < 4.78 is 5.76. The lowest BCUT2D eigenvalue weighted by atomic mass is 10.0. The topological polar surface area (TPSA) is 87.7 Å². The number of para-hydroxylation sites is 1. The van der Waals surface area contributed by atoms with Gasteiger partial charge in [0.15, 0.2) is 6.23 Å². The Morgan fingerprint density at radius 2 is 1.65 bits per heavy atom. The minimum Gasteiger partial charge on any atom is -0.480 e. The molecule has 0 aromatic heterocycles. The van der Waals surface area contributed by atoms with Crippen molar-refractivity contribution in [3.8, 4) is 5.75 Å². The Balaban J connectivity index is 2.65. The van der Waals surface area contributed by atoms with Gasteiger partial charge in [0, 0.05) is 0 Å². The van der Waals surface area contributed by atoms with E-state index in [-0.39, 0.29) is 5.92 Å². The van der Waals surface area contributed by atoms with E-state index in [9.17, 15) is 9.59 Å². The lowest BCUT2D eigenvalue weighted by Gasteiger charge is -2.22. The highest BCUT2D eigenvalue weighted by Gasteiger charge is 2.24. The zero-order valence-electron chi connectivity index (χ0n) is 14.3. The first-order chi connectivity index (χ1) is 10.7. The molecule has 0 aliphatic carbocycles. The van der Waals surface area contributed by atoms with Gasteiger partial charge in [0.05, 0.1) is 0 Å². The van der Waals surface area contributed by atoms with E-state index in [4.69, 9.17) is 9.84 Å². The summed E-state index contributed by atoms with van der Waals surface area (Å²) in [7, 11) is 0. The molecule has 6 heteroatoms. The number of urea groups is 1. The second-order valence-electron chi connectivity index (χ2n) is 6.13. The molecule has 2 atom stereocenters. The van der Waals surface area contributed by atoms with Crippen molar-refractivity contribution in [3.05, 3.63) is 29.8 Å². The second kappa shape index (κ2) is 8.41. The molecule has 0 fully saturated rings. The predicted molar refractivity (Wildman–Crippen MR) is 88.6 cm³/mol. The Bertz CT molecular complexity index is 543. The minimum absolute atomic E-state index is 0.212. The van der Waals surface area contributed by atoms with Crippen LogP contribution in [0.4, 0.5) is 4.79 Å². The van der Waals surface area contributed by atoms with Crippen molar-refractivity contribution < 1.29 is 19.4 Å². The van der Waals surface area contributed by atoms with Crippen LogP contribution in [0.1, 0.15) is 46.1 Å². The Morgan fingerprint density at radius 3 is 2.17 bits per heavy atom. The summed E-state index contributed by atoms with van der Waals surface area (Å²) in [5.74, 6) is -0.275. The first-order valence-corrected chi connectivity index (χ1v) is 7.77. The van der Waals surface area contributed by atoms with Crippen LogP contribution in [0, 0.1) is 5.92 Å². The van der Waals surface area contributed by atoms with Crippen LogP contribution in [0.2, 0.25) is 0 Å². The number of carboxylic acid groups (broad SMARTS) is 1. The number of ether oxygens (including phenoxy) is 1. The molecule has 0 bridgehead atoms. The summed E-state index contributed by atoms with van der Waals surface area (Å²) in [6.07, 6.45) is -0.587. The van der Waals surface area contributed by atoms with Gasteiger partial charge in [0.2, 0.25) is 0 Å². The predicted octanol–water partition coefficient (Wildman–Crippen LogP) is 2.94. The molecule has 1 aromatic carbocycles. The van der Waals surface area contributed by atoms with E-state index in [0.717, 1.165) is 5.56 Å². The third kappa shape index (κ3) is 5.81. The molecule has 3 N–H and O–H groups in total. The first-order valence-electron chi connectivity index (χ1n) is 7.77. The minimum atomic E-state index is -1.06. The summed E-state index contributed by atoms with van der Waals surface area (Å²) in [6, 6.07) is 6.12. The van der Waals surface area contributed by atoms with Crippen molar-refractivity contribution >= 4 is 12.0 Å². The lowest BCUT2D eigenvalue weighted by molar-refractivity contribution is -0.140. The van der Waals surface area contributed by atoms with Gasteiger partial charge in [0.25, 0.3) is 0 Å². The van der Waals surface area contributed by atoms with Crippen LogP contribution >= 0.6 is 0 Å². The summed E-state index contributed by atoms with van der Waals surface area (Å²) in [5.41, 5.74) is 1.05. The van der Waals surface area contributed by atoms with Crippen molar-refractivity contribution in [2.75, 3.05) is 0 Å². The zero-order chi connectivity index (χ0) is 17.6. The number of nitrogens with one attached hydrogen (secondary N) is 2. The standard InChI is InChI=1S/C17H26N2O4/c1-10(2)13-8-6-7-9-14(13)23-12(5)18-17(22)19-15(11(3)4)16(20)21/h6-12,15H,1-5H3,(H,20,21)(H2,18,19,22). The van der Waals surface area contributed by atoms with Gasteiger partial charge in [-0.1, -0.05) is 45.9 Å². The van der Waals surface area contributed by atoms with E-state index in [1.807, 2.05) is 24.3 Å². The fourth-order valence-electron chi connectivity index (χ4n) is 2.17. The van der Waals surface area contributed by atoms with Gasteiger partial charge in [-0.15, -0.1) is 0 Å². The number of hydrogen-bond donors (Lipinski definition) is 3. The van der Waals surface area contributed by atoms with E-state index in [0.29, 0.717) is 11.7 Å². The highest BCUT2D eigenvalue weighted by molar-refractivity contribution is 5.82. The van der Waals surface area contributed by atoms with Gasteiger partial charge < -0.3 is 20.5 Å². The highest BCUT2D eigenvalue weighted by Crippen LogP contribution is 2.26. The van der Waals surface area contributed by atoms with Crippen LogP contribution < -0.4 is 15.4 Å². The van der Waals surface area contributed by atoms with Crippen molar-refractivity contribution in [1.29, 1.82) is 0 Å². The quantitative estimate of drug-likeness (QED) is 0.674. The number of amides is 2. The van der Waals surface area contributed by atoms with Gasteiger partial charge in [-0.2, -0.15) is 0 Å². The van der Waals surface area contributed by atoms with Crippen LogP contribution in [0.15, 0.2) is 24.3 Å². The molecule has 2 amide bonds. The van der Waals surface area contributed by atoms with Crippen molar-refractivity contribution in [2.45, 2.75) is 52.8 Å². The molecule has 128 valence electrons. The third-order valence-electron chi connectivity index (χ3n) is 3.40. The van der Waals surface area contributed by atoms with Crippen LogP contribution in [0.3, 0.4) is 0 Å². The van der Waals surface area contributed by atoms with Crippen molar-refractivity contribution in [1.82, 2.24) is 10.6 Å². The fourth-order valence-corrected chi connectivity index (χ4v) is 2.17. The number of carboxylic acids is 1. The average molecular weight is 322 g/mol. The SMILES string of the molecule is CC(NC(=O)NC(C(=O)O)C(C)C)Oc1ccccc1C(C)C. The maximum Gasteiger partial charge on any atom is 0.326 e. The molecule has 2 unspecified atom stereocenters. The lowest BCUT2D eigenvalue weighted by Crippen LogP contribution is -2.51. The first kappa shape index (κ1) is 18.8.